The minimum Gasteiger partial charge on any atom is -0.350 e. The van der Waals surface area contributed by atoms with Crippen LogP contribution >= 0.6 is 24.0 Å². The molecular weight excluding hydrogens is 369 g/mol. The molecule has 0 fully saturated rings. The maximum absolute atomic E-state index is 13.6. The topological polar surface area (TPSA) is 49.8 Å². The number of aromatic nitrogens is 2. The Morgan fingerprint density at radius 3 is 2.65 bits per heavy atom. The Bertz CT molecular complexity index is 937. The monoisotopic (exact) mass is 387 g/mol. The van der Waals surface area contributed by atoms with Gasteiger partial charge in [-0.1, -0.05) is 36.4 Å². The Balaban J connectivity index is 1.55. The second-order valence-corrected chi connectivity index (χ2v) is 7.04. The third kappa shape index (κ3) is 4.42. The summed E-state index contributed by atoms with van der Waals surface area (Å²) in [5, 5.41) is 2.88. The molecule has 2 N–H and O–H groups in total. The summed E-state index contributed by atoms with van der Waals surface area (Å²) >= 11 is 6.86. The van der Waals surface area contributed by atoms with Gasteiger partial charge in [-0.25, -0.2) is 4.39 Å². The Morgan fingerprint density at radius 2 is 1.88 bits per heavy atom. The van der Waals surface area contributed by atoms with Crippen LogP contribution in [0.15, 0.2) is 60.8 Å². The quantitative estimate of drug-likeness (QED) is 0.468. The van der Waals surface area contributed by atoms with Crippen molar-refractivity contribution >= 4 is 29.9 Å². The number of benzene rings is 2. The molecule has 3 aromatic rings. The van der Waals surface area contributed by atoms with Crippen LogP contribution in [-0.2, 0) is 5.75 Å². The van der Waals surface area contributed by atoms with Crippen LogP contribution in [0.1, 0.15) is 16.1 Å². The first-order valence-electron chi connectivity index (χ1n) is 8.12. The Labute approximate surface area is 160 Å². The highest BCUT2D eigenvalue weighted by Crippen LogP contribution is 2.15. The minimum atomic E-state index is -0.201. The average molecular weight is 388 g/mol. The summed E-state index contributed by atoms with van der Waals surface area (Å²) in [7, 11) is 0. The summed E-state index contributed by atoms with van der Waals surface area (Å²) in [5.74, 6) is 0.870. The zero-order chi connectivity index (χ0) is 18.4. The van der Waals surface area contributed by atoms with Crippen molar-refractivity contribution in [3.05, 3.63) is 82.6 Å². The molecule has 2 aromatic carbocycles. The van der Waals surface area contributed by atoms with E-state index in [2.05, 4.69) is 10.3 Å². The van der Waals surface area contributed by atoms with Crippen LogP contribution in [-0.4, -0.2) is 27.8 Å². The maximum atomic E-state index is 13.6. The van der Waals surface area contributed by atoms with Crippen molar-refractivity contribution in [1.29, 1.82) is 0 Å². The van der Waals surface area contributed by atoms with Gasteiger partial charge in [-0.3, -0.25) is 9.36 Å². The second kappa shape index (κ2) is 8.82. The first-order valence-corrected chi connectivity index (χ1v) is 9.68. The molecule has 0 saturated heterocycles. The van der Waals surface area contributed by atoms with Gasteiger partial charge in [-0.05, 0) is 36.0 Å². The molecule has 1 heterocycles. The van der Waals surface area contributed by atoms with E-state index in [1.165, 1.54) is 6.07 Å². The smallest absolute Gasteiger partial charge is 0.269 e. The molecular formula is C19H18FN3OS2. The zero-order valence-electron chi connectivity index (χ0n) is 13.9. The normalized spacial score (nSPS) is 10.7. The fraction of sp³-hybridized carbons (Fsp3) is 0.158. The number of nitrogens with one attached hydrogen (secondary N) is 2. The number of halogens is 1. The first-order chi connectivity index (χ1) is 12.7. The van der Waals surface area contributed by atoms with Crippen molar-refractivity contribution in [3.63, 3.8) is 0 Å². The molecule has 1 aromatic heterocycles. The molecule has 0 unspecified atom stereocenters. The lowest BCUT2D eigenvalue weighted by Gasteiger charge is -2.09. The molecule has 3 rings (SSSR count). The van der Waals surface area contributed by atoms with Crippen molar-refractivity contribution < 1.29 is 9.18 Å². The number of hydrogen-bond acceptors (Lipinski definition) is 3. The number of H-pyrrole nitrogens is 1. The first kappa shape index (κ1) is 18.4. The van der Waals surface area contributed by atoms with Crippen molar-refractivity contribution in [3.8, 4) is 5.69 Å². The van der Waals surface area contributed by atoms with Gasteiger partial charge in [0.25, 0.3) is 5.91 Å². The second-order valence-electron chi connectivity index (χ2n) is 5.55. The lowest BCUT2D eigenvalue weighted by atomic mass is 10.2. The number of imidazole rings is 1. The van der Waals surface area contributed by atoms with Crippen LogP contribution in [0.3, 0.4) is 0 Å². The van der Waals surface area contributed by atoms with Crippen LogP contribution in [0.4, 0.5) is 4.39 Å². The Morgan fingerprint density at radius 1 is 1.15 bits per heavy atom. The number of carbonyl (C=O) groups is 1. The van der Waals surface area contributed by atoms with Crippen molar-refractivity contribution in [1.82, 2.24) is 14.9 Å². The summed E-state index contributed by atoms with van der Waals surface area (Å²) in [4.78, 5) is 15.4. The molecule has 4 nitrogen and oxygen atoms in total. The van der Waals surface area contributed by atoms with Gasteiger partial charge in [0.2, 0.25) is 0 Å². The molecule has 1 amide bonds. The number of carbonyl (C=O) groups excluding carboxylic acids is 1. The van der Waals surface area contributed by atoms with Gasteiger partial charge in [-0.15, -0.1) is 0 Å². The van der Waals surface area contributed by atoms with E-state index >= 15 is 0 Å². The third-order valence-electron chi connectivity index (χ3n) is 3.77. The zero-order valence-corrected chi connectivity index (χ0v) is 15.6. The highest BCUT2D eigenvalue weighted by Gasteiger charge is 2.13. The van der Waals surface area contributed by atoms with E-state index < -0.39 is 0 Å². The van der Waals surface area contributed by atoms with Gasteiger partial charge in [0.1, 0.15) is 11.5 Å². The van der Waals surface area contributed by atoms with Gasteiger partial charge < -0.3 is 10.3 Å². The number of thioether (sulfide) groups is 1. The number of nitrogens with zero attached hydrogens (tertiary/aromatic N) is 1. The Hall–Kier alpha value is -2.38. The summed E-state index contributed by atoms with van der Waals surface area (Å²) in [6, 6.07) is 16.2. The Kier molecular flexibility index (Phi) is 6.25. The third-order valence-corrected chi connectivity index (χ3v) is 5.08. The number of para-hydroxylation sites is 1. The fourth-order valence-electron chi connectivity index (χ4n) is 2.49. The van der Waals surface area contributed by atoms with E-state index in [0.717, 1.165) is 5.69 Å². The average Bonchev–Trinajstić information content (AvgIpc) is 3.05. The SMILES string of the molecule is O=C(NCCSCc1ccccc1F)c1c[nH]c(=S)n1-c1ccccc1. The van der Waals surface area contributed by atoms with E-state index in [0.29, 0.717) is 34.1 Å². The molecule has 0 bridgehead atoms. The number of rotatable bonds is 7. The summed E-state index contributed by atoms with van der Waals surface area (Å²) in [6.07, 6.45) is 1.61. The van der Waals surface area contributed by atoms with E-state index in [9.17, 15) is 9.18 Å². The van der Waals surface area contributed by atoms with Crippen LogP contribution in [0.25, 0.3) is 5.69 Å². The molecule has 0 atom stereocenters. The molecule has 0 aliphatic rings. The number of hydrogen-bond donors (Lipinski definition) is 2. The largest absolute Gasteiger partial charge is 0.350 e. The lowest BCUT2D eigenvalue weighted by molar-refractivity contribution is 0.0949. The maximum Gasteiger partial charge on any atom is 0.269 e. The number of amides is 1. The van der Waals surface area contributed by atoms with Crippen LogP contribution in [0.5, 0.6) is 0 Å². The number of aromatic amines is 1. The van der Waals surface area contributed by atoms with Crippen molar-refractivity contribution in [2.24, 2.45) is 0 Å². The van der Waals surface area contributed by atoms with Gasteiger partial charge in [-0.2, -0.15) is 11.8 Å². The minimum absolute atomic E-state index is 0.196. The molecule has 0 aliphatic heterocycles. The standard InChI is InChI=1S/C19H18FN3OS2/c20-16-9-5-4-6-14(16)13-26-11-10-21-18(24)17-12-22-19(25)23(17)15-7-2-1-3-8-15/h1-9,12H,10-11,13H2,(H,21,24)(H,22,25). The van der Waals surface area contributed by atoms with E-state index in [4.69, 9.17) is 12.2 Å². The molecule has 134 valence electrons. The predicted octanol–water partition coefficient (Wildman–Crippen LogP) is 4.34. The molecule has 26 heavy (non-hydrogen) atoms. The van der Waals surface area contributed by atoms with Crippen LogP contribution in [0.2, 0.25) is 0 Å². The van der Waals surface area contributed by atoms with E-state index in [-0.39, 0.29) is 11.7 Å². The highest BCUT2D eigenvalue weighted by atomic mass is 32.2. The van der Waals surface area contributed by atoms with Crippen LogP contribution in [0, 0.1) is 10.6 Å². The van der Waals surface area contributed by atoms with Gasteiger partial charge >= 0.3 is 0 Å². The lowest BCUT2D eigenvalue weighted by Crippen LogP contribution is -2.27. The predicted molar refractivity (Wildman–Crippen MR) is 106 cm³/mol. The summed E-state index contributed by atoms with van der Waals surface area (Å²) in [6.45, 7) is 0.491. The van der Waals surface area contributed by atoms with Crippen LogP contribution < -0.4 is 5.32 Å². The van der Waals surface area contributed by atoms with E-state index in [1.807, 2.05) is 36.4 Å². The van der Waals surface area contributed by atoms with Crippen molar-refractivity contribution in [2.45, 2.75) is 5.75 Å². The molecule has 0 radical (unpaired) electrons. The van der Waals surface area contributed by atoms with Gasteiger partial charge in [0, 0.05) is 29.9 Å². The summed E-state index contributed by atoms with van der Waals surface area (Å²) < 4.78 is 15.7. The molecule has 0 spiro atoms. The highest BCUT2D eigenvalue weighted by molar-refractivity contribution is 7.98. The van der Waals surface area contributed by atoms with Gasteiger partial charge in [0.15, 0.2) is 4.77 Å². The molecule has 0 saturated carbocycles. The van der Waals surface area contributed by atoms with E-state index in [1.54, 1.807) is 34.7 Å². The van der Waals surface area contributed by atoms with Crippen molar-refractivity contribution in [2.75, 3.05) is 12.3 Å². The fourth-order valence-corrected chi connectivity index (χ4v) is 3.60. The molecule has 7 heteroatoms. The molecule has 0 aliphatic carbocycles. The van der Waals surface area contributed by atoms with Gasteiger partial charge in [0.05, 0.1) is 0 Å². The summed E-state index contributed by atoms with van der Waals surface area (Å²) in [5.41, 5.74) is 1.96.